The number of aliphatic imine (C=N–C) groups is 1. The highest BCUT2D eigenvalue weighted by Crippen LogP contribution is 2.07. The van der Waals surface area contributed by atoms with Crippen LogP contribution in [0, 0.1) is 0 Å². The van der Waals surface area contributed by atoms with Crippen molar-refractivity contribution >= 4 is 31.0 Å². The van der Waals surface area contributed by atoms with Crippen LogP contribution in [0.15, 0.2) is 29.3 Å². The number of hydrogen-bond acceptors (Lipinski definition) is 4. The van der Waals surface area contributed by atoms with E-state index in [1.807, 2.05) is 0 Å². The van der Waals surface area contributed by atoms with Crippen LogP contribution in [-0.4, -0.2) is 36.2 Å². The average molecular weight is 278 g/mol. The highest BCUT2D eigenvalue weighted by Gasteiger charge is 2.12. The van der Waals surface area contributed by atoms with E-state index < -0.39 is 5.54 Å². The highest BCUT2D eigenvalue weighted by atomic mass is 32.1. The standard InChI is InChI=1S/C14H18N2O2S/c1-14(2,10-17)16-9-11-3-5-12(6-4-11)13(18)15-7-8-19/h3-6,9-10,19H,7-8H2,1-2H3,(H,15,18)/b16-9-. The molecule has 0 aromatic heterocycles. The lowest BCUT2D eigenvalue weighted by atomic mass is 10.1. The van der Waals surface area contributed by atoms with E-state index in [4.69, 9.17) is 0 Å². The summed E-state index contributed by atoms with van der Waals surface area (Å²) in [5.74, 6) is 0.489. The van der Waals surface area contributed by atoms with Crippen LogP contribution < -0.4 is 5.32 Å². The zero-order valence-electron chi connectivity index (χ0n) is 11.1. The normalized spacial score (nSPS) is 11.5. The first-order chi connectivity index (χ1) is 8.98. The smallest absolute Gasteiger partial charge is 0.251 e. The van der Waals surface area contributed by atoms with Crippen molar-refractivity contribution in [3.63, 3.8) is 0 Å². The summed E-state index contributed by atoms with van der Waals surface area (Å²) in [5, 5.41) is 2.74. The molecule has 5 heteroatoms. The van der Waals surface area contributed by atoms with Crippen molar-refractivity contribution in [2.24, 2.45) is 4.99 Å². The number of hydrogen-bond donors (Lipinski definition) is 2. The quantitative estimate of drug-likeness (QED) is 0.473. The second-order valence-corrected chi connectivity index (χ2v) is 5.08. The second-order valence-electron chi connectivity index (χ2n) is 4.63. The van der Waals surface area contributed by atoms with Crippen LogP contribution in [-0.2, 0) is 4.79 Å². The first-order valence-electron chi connectivity index (χ1n) is 5.99. The molecule has 1 rings (SSSR count). The van der Waals surface area contributed by atoms with E-state index in [1.54, 1.807) is 44.3 Å². The zero-order chi connectivity index (χ0) is 14.3. The van der Waals surface area contributed by atoms with E-state index >= 15 is 0 Å². The Morgan fingerprint density at radius 3 is 2.53 bits per heavy atom. The summed E-state index contributed by atoms with van der Waals surface area (Å²) in [6, 6.07) is 7.03. The lowest BCUT2D eigenvalue weighted by Gasteiger charge is -2.09. The van der Waals surface area contributed by atoms with E-state index in [1.165, 1.54) is 0 Å². The van der Waals surface area contributed by atoms with Gasteiger partial charge < -0.3 is 10.1 Å². The third-order valence-corrected chi connectivity index (χ3v) is 2.63. The fourth-order valence-corrected chi connectivity index (χ4v) is 1.38. The van der Waals surface area contributed by atoms with Gasteiger partial charge in [-0.3, -0.25) is 9.79 Å². The zero-order valence-corrected chi connectivity index (χ0v) is 12.0. The van der Waals surface area contributed by atoms with Gasteiger partial charge in [-0.25, -0.2) is 0 Å². The summed E-state index contributed by atoms with van der Waals surface area (Å²) >= 11 is 4.03. The Morgan fingerprint density at radius 2 is 2.00 bits per heavy atom. The number of nitrogens with zero attached hydrogens (tertiary/aromatic N) is 1. The summed E-state index contributed by atoms with van der Waals surface area (Å²) in [5.41, 5.74) is 0.719. The van der Waals surface area contributed by atoms with E-state index in [9.17, 15) is 9.59 Å². The molecule has 0 saturated carbocycles. The van der Waals surface area contributed by atoms with Gasteiger partial charge in [0, 0.05) is 24.1 Å². The molecule has 1 amide bonds. The van der Waals surface area contributed by atoms with Crippen molar-refractivity contribution in [1.29, 1.82) is 0 Å². The number of benzene rings is 1. The largest absolute Gasteiger partial charge is 0.351 e. The van der Waals surface area contributed by atoms with Crippen molar-refractivity contribution in [2.75, 3.05) is 12.3 Å². The monoisotopic (exact) mass is 278 g/mol. The molecule has 0 spiro atoms. The maximum absolute atomic E-state index is 11.7. The number of thiol groups is 1. The molecular weight excluding hydrogens is 260 g/mol. The average Bonchev–Trinajstić information content (AvgIpc) is 2.43. The van der Waals surface area contributed by atoms with E-state index in [-0.39, 0.29) is 5.91 Å². The SMILES string of the molecule is CC(C)(C=O)/N=C\c1ccc(C(=O)NCCS)cc1. The molecule has 0 heterocycles. The van der Waals surface area contributed by atoms with E-state index in [2.05, 4.69) is 22.9 Å². The van der Waals surface area contributed by atoms with Crippen LogP contribution in [0.5, 0.6) is 0 Å². The Balaban J connectivity index is 2.71. The van der Waals surface area contributed by atoms with E-state index in [0.717, 1.165) is 11.8 Å². The van der Waals surface area contributed by atoms with E-state index in [0.29, 0.717) is 17.9 Å². The van der Waals surface area contributed by atoms with Crippen LogP contribution >= 0.6 is 12.6 Å². The summed E-state index contributed by atoms with van der Waals surface area (Å²) < 4.78 is 0. The highest BCUT2D eigenvalue weighted by molar-refractivity contribution is 7.80. The Labute approximate surface area is 118 Å². The van der Waals surface area contributed by atoms with Gasteiger partial charge in [0.25, 0.3) is 5.91 Å². The Bertz CT molecular complexity index is 467. The van der Waals surface area contributed by atoms with Crippen LogP contribution in [0.4, 0.5) is 0 Å². The Morgan fingerprint density at radius 1 is 1.37 bits per heavy atom. The third-order valence-electron chi connectivity index (χ3n) is 2.40. The number of amides is 1. The van der Waals surface area contributed by atoms with Crippen LogP contribution in [0.2, 0.25) is 0 Å². The predicted octanol–water partition coefficient (Wildman–Crippen LogP) is 1.74. The first kappa shape index (κ1) is 15.4. The fraction of sp³-hybridized carbons (Fsp3) is 0.357. The van der Waals surface area contributed by atoms with Gasteiger partial charge in [0.15, 0.2) is 0 Å². The van der Waals surface area contributed by atoms with Gasteiger partial charge in [0.05, 0.1) is 0 Å². The molecule has 0 saturated heterocycles. The van der Waals surface area contributed by atoms with Crippen molar-refractivity contribution < 1.29 is 9.59 Å². The molecule has 1 aromatic carbocycles. The number of aldehydes is 1. The summed E-state index contributed by atoms with van der Waals surface area (Å²) in [6.45, 7) is 4.00. The van der Waals surface area contributed by atoms with Crippen molar-refractivity contribution in [2.45, 2.75) is 19.4 Å². The van der Waals surface area contributed by atoms with Crippen LogP contribution in [0.3, 0.4) is 0 Å². The number of nitrogens with one attached hydrogen (secondary N) is 1. The number of carbonyl (C=O) groups excluding carboxylic acids is 2. The molecule has 0 radical (unpaired) electrons. The summed E-state index contributed by atoms with van der Waals surface area (Å²) in [6.07, 6.45) is 2.42. The molecule has 1 aromatic rings. The van der Waals surface area contributed by atoms with Gasteiger partial charge in [-0.2, -0.15) is 12.6 Å². The van der Waals surface area contributed by atoms with Crippen molar-refractivity contribution in [1.82, 2.24) is 5.32 Å². The lowest BCUT2D eigenvalue weighted by Crippen LogP contribution is -2.25. The summed E-state index contributed by atoms with van der Waals surface area (Å²) in [4.78, 5) is 26.5. The predicted molar refractivity (Wildman–Crippen MR) is 80.4 cm³/mol. The van der Waals surface area contributed by atoms with Gasteiger partial charge in [0.2, 0.25) is 0 Å². The minimum absolute atomic E-state index is 0.120. The molecule has 0 fully saturated rings. The fourth-order valence-electron chi connectivity index (χ4n) is 1.26. The van der Waals surface area contributed by atoms with Crippen molar-refractivity contribution in [3.8, 4) is 0 Å². The molecule has 0 aliphatic carbocycles. The first-order valence-corrected chi connectivity index (χ1v) is 6.62. The summed E-state index contributed by atoms with van der Waals surface area (Å²) in [7, 11) is 0. The van der Waals surface area contributed by atoms with Crippen molar-refractivity contribution in [3.05, 3.63) is 35.4 Å². The van der Waals surface area contributed by atoms with Gasteiger partial charge in [-0.15, -0.1) is 0 Å². The molecule has 0 bridgehead atoms. The molecule has 0 aliphatic rings. The molecule has 0 aliphatic heterocycles. The Kier molecular flexibility index (Phi) is 5.76. The molecule has 0 atom stereocenters. The maximum Gasteiger partial charge on any atom is 0.251 e. The number of rotatable bonds is 6. The van der Waals surface area contributed by atoms with Gasteiger partial charge in [-0.05, 0) is 31.5 Å². The molecule has 102 valence electrons. The van der Waals surface area contributed by atoms with Gasteiger partial charge in [-0.1, -0.05) is 12.1 Å². The Hall–Kier alpha value is -1.62. The third kappa shape index (κ3) is 5.26. The number of carbonyl (C=O) groups is 2. The molecule has 1 N–H and O–H groups in total. The molecule has 4 nitrogen and oxygen atoms in total. The van der Waals surface area contributed by atoms with Crippen LogP contribution in [0.1, 0.15) is 29.8 Å². The maximum atomic E-state index is 11.7. The lowest BCUT2D eigenvalue weighted by molar-refractivity contribution is -0.111. The minimum atomic E-state index is -0.720. The molecule has 19 heavy (non-hydrogen) atoms. The molecule has 0 unspecified atom stereocenters. The topological polar surface area (TPSA) is 58.5 Å². The second kappa shape index (κ2) is 7.09. The van der Waals surface area contributed by atoms with Gasteiger partial charge >= 0.3 is 0 Å². The van der Waals surface area contributed by atoms with Gasteiger partial charge in [0.1, 0.15) is 11.8 Å². The minimum Gasteiger partial charge on any atom is -0.351 e. The molecular formula is C14H18N2O2S. The van der Waals surface area contributed by atoms with Crippen LogP contribution in [0.25, 0.3) is 0 Å².